The molecular formula is C15H16FNO. The minimum Gasteiger partial charge on any atom is -0.394 e. The zero-order valence-electron chi connectivity index (χ0n) is 10.2. The van der Waals surface area contributed by atoms with Gasteiger partial charge in [-0.05, 0) is 36.2 Å². The Morgan fingerprint density at radius 2 is 1.89 bits per heavy atom. The smallest absolute Gasteiger partial charge is 0.125 e. The molecule has 1 atom stereocenters. The van der Waals surface area contributed by atoms with Gasteiger partial charge in [0.25, 0.3) is 0 Å². The van der Waals surface area contributed by atoms with Crippen LogP contribution in [0.2, 0.25) is 0 Å². The van der Waals surface area contributed by atoms with E-state index in [-0.39, 0.29) is 18.5 Å². The number of anilines is 1. The standard InChI is InChI=1S/C15H16FNO/c1-11-7-13(16)9-14(8-11)17-15(10-18)12-5-3-2-4-6-12/h2-9,15,17-18H,10H2,1H3. The van der Waals surface area contributed by atoms with Crippen molar-refractivity contribution in [3.63, 3.8) is 0 Å². The van der Waals surface area contributed by atoms with E-state index in [0.29, 0.717) is 5.69 Å². The monoisotopic (exact) mass is 245 g/mol. The molecule has 2 nitrogen and oxygen atoms in total. The average Bonchev–Trinajstić information content (AvgIpc) is 2.36. The minimum atomic E-state index is -0.276. The van der Waals surface area contributed by atoms with E-state index in [1.807, 2.05) is 43.3 Å². The second-order valence-corrected chi connectivity index (χ2v) is 4.31. The first-order chi connectivity index (χ1) is 8.69. The molecule has 0 fully saturated rings. The molecule has 0 aromatic heterocycles. The number of hydrogen-bond donors (Lipinski definition) is 2. The van der Waals surface area contributed by atoms with Crippen LogP contribution in [0.1, 0.15) is 17.2 Å². The fourth-order valence-corrected chi connectivity index (χ4v) is 1.94. The van der Waals surface area contributed by atoms with Crippen molar-refractivity contribution in [1.82, 2.24) is 0 Å². The van der Waals surface area contributed by atoms with Crippen molar-refractivity contribution >= 4 is 5.69 Å². The van der Waals surface area contributed by atoms with Crippen LogP contribution >= 0.6 is 0 Å². The summed E-state index contributed by atoms with van der Waals surface area (Å²) in [6.45, 7) is 1.80. The number of aryl methyl sites for hydroxylation is 1. The van der Waals surface area contributed by atoms with E-state index < -0.39 is 0 Å². The van der Waals surface area contributed by atoms with Gasteiger partial charge in [-0.25, -0.2) is 4.39 Å². The molecule has 0 heterocycles. The number of aliphatic hydroxyl groups is 1. The Balaban J connectivity index is 2.20. The van der Waals surface area contributed by atoms with Crippen LogP contribution in [-0.4, -0.2) is 11.7 Å². The summed E-state index contributed by atoms with van der Waals surface area (Å²) < 4.78 is 13.3. The van der Waals surface area contributed by atoms with Gasteiger partial charge in [-0.3, -0.25) is 0 Å². The van der Waals surface area contributed by atoms with Gasteiger partial charge in [0, 0.05) is 5.69 Å². The largest absolute Gasteiger partial charge is 0.394 e. The van der Waals surface area contributed by atoms with Crippen LogP contribution in [0.4, 0.5) is 10.1 Å². The summed E-state index contributed by atoms with van der Waals surface area (Å²) in [6, 6.07) is 14.1. The van der Waals surface area contributed by atoms with E-state index in [1.54, 1.807) is 0 Å². The maximum atomic E-state index is 13.3. The highest BCUT2D eigenvalue weighted by Gasteiger charge is 2.10. The van der Waals surface area contributed by atoms with Crippen molar-refractivity contribution in [1.29, 1.82) is 0 Å². The fourth-order valence-electron chi connectivity index (χ4n) is 1.94. The average molecular weight is 245 g/mol. The number of rotatable bonds is 4. The third-order valence-corrected chi connectivity index (χ3v) is 2.77. The van der Waals surface area contributed by atoms with Gasteiger partial charge in [0.1, 0.15) is 5.82 Å². The lowest BCUT2D eigenvalue weighted by Crippen LogP contribution is -2.14. The summed E-state index contributed by atoms with van der Waals surface area (Å²) in [5, 5.41) is 12.6. The Morgan fingerprint density at radius 1 is 1.17 bits per heavy atom. The molecule has 0 aliphatic carbocycles. The molecule has 0 aliphatic rings. The van der Waals surface area contributed by atoms with Crippen LogP contribution in [0.5, 0.6) is 0 Å². The zero-order valence-corrected chi connectivity index (χ0v) is 10.2. The van der Waals surface area contributed by atoms with Crippen LogP contribution < -0.4 is 5.32 Å². The highest BCUT2D eigenvalue weighted by atomic mass is 19.1. The van der Waals surface area contributed by atoms with E-state index in [1.165, 1.54) is 12.1 Å². The third kappa shape index (κ3) is 3.08. The van der Waals surface area contributed by atoms with E-state index in [2.05, 4.69) is 5.32 Å². The molecular weight excluding hydrogens is 229 g/mol. The van der Waals surface area contributed by atoms with Gasteiger partial charge in [0.2, 0.25) is 0 Å². The molecule has 0 saturated carbocycles. The first-order valence-corrected chi connectivity index (χ1v) is 5.88. The topological polar surface area (TPSA) is 32.3 Å². The summed E-state index contributed by atoms with van der Waals surface area (Å²) in [6.07, 6.45) is 0. The Labute approximate surface area is 106 Å². The quantitative estimate of drug-likeness (QED) is 0.866. The molecule has 0 spiro atoms. The number of halogens is 1. The molecule has 2 aromatic rings. The number of nitrogens with one attached hydrogen (secondary N) is 1. The molecule has 0 amide bonds. The molecule has 1 unspecified atom stereocenters. The molecule has 0 radical (unpaired) electrons. The lowest BCUT2D eigenvalue weighted by molar-refractivity contribution is 0.276. The fraction of sp³-hybridized carbons (Fsp3) is 0.200. The lowest BCUT2D eigenvalue weighted by atomic mass is 10.1. The van der Waals surface area contributed by atoms with E-state index >= 15 is 0 Å². The maximum Gasteiger partial charge on any atom is 0.125 e. The van der Waals surface area contributed by atoms with E-state index in [0.717, 1.165) is 11.1 Å². The molecule has 0 bridgehead atoms. The summed E-state index contributed by atoms with van der Waals surface area (Å²) in [5.41, 5.74) is 2.50. The predicted octanol–water partition coefficient (Wildman–Crippen LogP) is 3.28. The van der Waals surface area contributed by atoms with Gasteiger partial charge in [0.05, 0.1) is 12.6 Å². The van der Waals surface area contributed by atoms with Gasteiger partial charge >= 0.3 is 0 Å². The molecule has 0 aliphatic heterocycles. The van der Waals surface area contributed by atoms with Crippen molar-refractivity contribution in [2.24, 2.45) is 0 Å². The molecule has 2 rings (SSSR count). The Kier molecular flexibility index (Phi) is 3.95. The van der Waals surface area contributed by atoms with Crippen LogP contribution in [0.25, 0.3) is 0 Å². The Hall–Kier alpha value is -1.87. The number of benzene rings is 2. The Bertz CT molecular complexity index is 493. The normalized spacial score (nSPS) is 12.2. The van der Waals surface area contributed by atoms with Gasteiger partial charge in [-0.2, -0.15) is 0 Å². The van der Waals surface area contributed by atoms with Crippen LogP contribution in [-0.2, 0) is 0 Å². The third-order valence-electron chi connectivity index (χ3n) is 2.77. The lowest BCUT2D eigenvalue weighted by Gasteiger charge is -2.18. The first-order valence-electron chi connectivity index (χ1n) is 5.88. The van der Waals surface area contributed by atoms with Crippen molar-refractivity contribution in [3.05, 3.63) is 65.5 Å². The van der Waals surface area contributed by atoms with E-state index in [4.69, 9.17) is 0 Å². The van der Waals surface area contributed by atoms with Gasteiger partial charge in [-0.15, -0.1) is 0 Å². The molecule has 2 N–H and O–H groups in total. The van der Waals surface area contributed by atoms with Crippen LogP contribution in [0.3, 0.4) is 0 Å². The summed E-state index contributed by atoms with van der Waals surface area (Å²) in [4.78, 5) is 0. The second kappa shape index (κ2) is 5.65. The van der Waals surface area contributed by atoms with Crippen LogP contribution in [0, 0.1) is 12.7 Å². The summed E-state index contributed by atoms with van der Waals surface area (Å²) in [7, 11) is 0. The van der Waals surface area contributed by atoms with Gasteiger partial charge in [-0.1, -0.05) is 30.3 Å². The molecule has 18 heavy (non-hydrogen) atoms. The first kappa shape index (κ1) is 12.6. The summed E-state index contributed by atoms with van der Waals surface area (Å²) >= 11 is 0. The minimum absolute atomic E-state index is 0.0421. The maximum absolute atomic E-state index is 13.3. The Morgan fingerprint density at radius 3 is 2.50 bits per heavy atom. The number of hydrogen-bond acceptors (Lipinski definition) is 2. The number of aliphatic hydroxyl groups excluding tert-OH is 1. The van der Waals surface area contributed by atoms with Crippen molar-refractivity contribution in [2.75, 3.05) is 11.9 Å². The highest BCUT2D eigenvalue weighted by Crippen LogP contribution is 2.21. The molecule has 94 valence electrons. The SMILES string of the molecule is Cc1cc(F)cc(NC(CO)c2ccccc2)c1. The van der Waals surface area contributed by atoms with Crippen molar-refractivity contribution in [2.45, 2.75) is 13.0 Å². The summed E-state index contributed by atoms with van der Waals surface area (Å²) in [5.74, 6) is -0.276. The van der Waals surface area contributed by atoms with Gasteiger partial charge < -0.3 is 10.4 Å². The van der Waals surface area contributed by atoms with Crippen molar-refractivity contribution < 1.29 is 9.50 Å². The van der Waals surface area contributed by atoms with Crippen LogP contribution in [0.15, 0.2) is 48.5 Å². The highest BCUT2D eigenvalue weighted by molar-refractivity contribution is 5.48. The molecule has 3 heteroatoms. The predicted molar refractivity (Wildman–Crippen MR) is 71.0 cm³/mol. The molecule has 0 saturated heterocycles. The molecule has 2 aromatic carbocycles. The second-order valence-electron chi connectivity index (χ2n) is 4.31. The zero-order chi connectivity index (χ0) is 13.0. The van der Waals surface area contributed by atoms with Crippen molar-refractivity contribution in [3.8, 4) is 0 Å². The van der Waals surface area contributed by atoms with Gasteiger partial charge in [0.15, 0.2) is 0 Å². The van der Waals surface area contributed by atoms with E-state index in [9.17, 15) is 9.50 Å².